The van der Waals surface area contributed by atoms with Crippen molar-refractivity contribution in [2.75, 3.05) is 107 Å². The largest absolute Gasteiger partial charge is 0.506 e. The number of phenolic OH excluding ortho intramolecular Hbond substituents is 2. The third-order valence-corrected chi connectivity index (χ3v) is 22.9. The summed E-state index contributed by atoms with van der Waals surface area (Å²) >= 11 is 11.6. The van der Waals surface area contributed by atoms with Crippen LogP contribution in [0.4, 0.5) is 17.1 Å². The number of aromatic hydroxyl groups is 2. The lowest BCUT2D eigenvalue weighted by molar-refractivity contribution is -0.142. The van der Waals surface area contributed by atoms with Gasteiger partial charge in [-0.25, -0.2) is 19.9 Å². The van der Waals surface area contributed by atoms with E-state index in [-0.39, 0.29) is 125 Å². The molecule has 0 radical (unpaired) electrons. The minimum absolute atomic E-state index is 0. The quantitative estimate of drug-likeness (QED) is 0.0256. The summed E-state index contributed by atoms with van der Waals surface area (Å²) in [5.74, 6) is 0.763. The van der Waals surface area contributed by atoms with Crippen LogP contribution in [-0.2, 0) is 37.7 Å². The predicted molar refractivity (Wildman–Crippen MR) is 567 cm³/mol. The maximum Gasteiger partial charge on any atom is 0.494 e. The van der Waals surface area contributed by atoms with Crippen LogP contribution in [0.15, 0.2) is 229 Å². The first kappa shape index (κ1) is 119. The lowest BCUT2D eigenvalue weighted by Gasteiger charge is -2.32. The summed E-state index contributed by atoms with van der Waals surface area (Å²) in [6, 6.07) is 71.8. The van der Waals surface area contributed by atoms with Crippen molar-refractivity contribution in [2.24, 2.45) is 0 Å². The first-order chi connectivity index (χ1) is 62.2. The molecule has 17 rings (SSSR count). The van der Waals surface area contributed by atoms with Gasteiger partial charge >= 0.3 is 7.12 Å². The van der Waals surface area contributed by atoms with Crippen molar-refractivity contribution < 1.29 is 77.5 Å². The molecule has 4 fully saturated rings. The van der Waals surface area contributed by atoms with E-state index in [1.54, 1.807) is 36.4 Å². The molecule has 0 spiro atoms. The molecule has 0 saturated carbocycles. The number of rotatable bonds is 23. The Morgan fingerprint density at radius 1 is 0.409 bits per heavy atom. The van der Waals surface area contributed by atoms with Crippen molar-refractivity contribution >= 4 is 107 Å². The number of aliphatic hydroxyl groups is 3. The Labute approximate surface area is 823 Å². The van der Waals surface area contributed by atoms with E-state index in [1.165, 1.54) is 29.2 Å². The number of H-pyrrole nitrogens is 1. The Kier molecular flexibility index (Phi) is 47.2. The van der Waals surface area contributed by atoms with Crippen molar-refractivity contribution in [3.63, 3.8) is 0 Å². The van der Waals surface area contributed by atoms with Crippen LogP contribution in [-0.4, -0.2) is 203 Å². The number of aromatic nitrogens is 5. The smallest absolute Gasteiger partial charge is 0.494 e. The predicted octanol–water partition coefficient (Wildman–Crippen LogP) is 23.4. The zero-order valence-electron chi connectivity index (χ0n) is 77.2. The van der Waals surface area contributed by atoms with Crippen LogP contribution in [0.5, 0.6) is 28.7 Å². The summed E-state index contributed by atoms with van der Waals surface area (Å²) in [5.41, 5.74) is 11.3. The highest BCUT2D eigenvalue weighted by Crippen LogP contribution is 2.38. The summed E-state index contributed by atoms with van der Waals surface area (Å²) in [5, 5.41) is 51.4. The maximum absolute atomic E-state index is 10.9. The van der Waals surface area contributed by atoms with Crippen LogP contribution < -0.4 is 39.9 Å². The van der Waals surface area contributed by atoms with Crippen LogP contribution in [0.1, 0.15) is 163 Å². The van der Waals surface area contributed by atoms with Crippen molar-refractivity contribution in [3.8, 4) is 51.3 Å². The second kappa shape index (κ2) is 54.5. The number of anilines is 3. The Bertz CT molecular complexity index is 5850. The molecular formula is C109H151BCl2N8O17. The highest BCUT2D eigenvalue weighted by molar-refractivity contribution is 6.62. The van der Waals surface area contributed by atoms with Gasteiger partial charge in [-0.15, -0.1) is 0 Å². The van der Waals surface area contributed by atoms with Crippen LogP contribution in [0.2, 0.25) is 10.3 Å². The summed E-state index contributed by atoms with van der Waals surface area (Å²) in [7, 11) is -0.272. The highest BCUT2D eigenvalue weighted by atomic mass is 35.5. The summed E-state index contributed by atoms with van der Waals surface area (Å²) < 4.78 is 62.8. The van der Waals surface area contributed by atoms with Gasteiger partial charge in [-0.2, -0.15) is 0 Å². The number of para-hydroxylation sites is 5. The minimum Gasteiger partial charge on any atom is -0.506 e. The Morgan fingerprint density at radius 3 is 1.12 bits per heavy atom. The number of benzene rings is 8. The molecule has 4 aliphatic rings. The number of ether oxygens (including phenoxy) is 9. The molecule has 4 atom stereocenters. The monoisotopic (exact) mass is 1930 g/mol. The molecule has 28 heteroatoms. The maximum atomic E-state index is 10.9. The van der Waals surface area contributed by atoms with Crippen molar-refractivity contribution in [1.82, 2.24) is 24.9 Å². The first-order valence-electron chi connectivity index (χ1n) is 44.2. The van der Waals surface area contributed by atoms with Gasteiger partial charge < -0.3 is 97.2 Å². The molecule has 0 bridgehead atoms. The van der Waals surface area contributed by atoms with Gasteiger partial charge in [0.1, 0.15) is 105 Å². The van der Waals surface area contributed by atoms with E-state index >= 15 is 0 Å². The number of fused-ring (bicyclic) bond motifs is 5. The van der Waals surface area contributed by atoms with Gasteiger partial charge in [0, 0.05) is 100 Å². The molecule has 746 valence electrons. The average molecular weight is 1930 g/mol. The van der Waals surface area contributed by atoms with Gasteiger partial charge in [0.15, 0.2) is 17.4 Å². The Morgan fingerprint density at radius 2 is 0.745 bits per heavy atom. The number of nitrogens with zero attached hydrogens (tertiary/aromatic N) is 7. The zero-order valence-corrected chi connectivity index (χ0v) is 78.7. The fourth-order valence-electron chi connectivity index (χ4n) is 14.7. The molecule has 13 aromatic rings. The zero-order chi connectivity index (χ0) is 93.5. The SMILES string of the molecule is C.C.C.C.C.C.C.CC1(C)OCC(CO)O1.CC1(C)OCC(COc2cccc3ccc(Cl)nc23)O1.CCN(CC)c1ccc(-c2ccc3cccc(OCC(O)CO)c3n2)cc1.CCN(CC)c1ccc(-c2ccc3cccc(OCC4COC(C)(C)O4)c3n2)cc1.CCN(CC)c1ccc(B2OC(C)(C)C(C)(C)O2)cc1.O=c1ccc2cccc(O)c2[nH]1.Oc1cccc2ccc(Cl)nc12. The standard InChI is InChI=1S/C25H30N2O3.C22H26N2O3.C16H26BNO2.C15H16ClNO3.C9H6ClNO.C9H7NO2.C6H12O3.7CH4/c1-5-27(6-2)20-13-10-18(11-14-20)22-15-12-19-8-7-9-23(24(19)26-22)28-16-21-17-29-25(3,4)30-21;1-3-24(4-2)18-11-8-16(9-12-18)20-13-10-17-6-5-7-21(22(17)23-20)27-15-19(26)14-25;1-7-18(8-2)14-11-9-13(10-12-14)17-19-15(3,4)16(5,6)20-17;1-15(2)19-9-11(20-15)8-18-12-5-3-4-10-6-7-13(16)17-14(10)12;10-8-5-4-6-2-1-3-7(12)9(6)11-8;11-7-3-1-2-6-4-5-8(12)10-9(6)7;1-6(2)8-4-5(3-7)9-6;;;;;;;/h7-15,21H,5-6,16-17H2,1-4H3;5-13,19,25-26H,3-4,14-15H2,1-2H3;9-12H,7-8H2,1-6H3;3-7,11H,8-9H2,1-2H3;1-5,12H;1-5,11H,(H,10,12);5,7H,3-4H2,1-2H3;7*1H4. The molecule has 4 aliphatic heterocycles. The minimum atomic E-state index is -0.906. The molecule has 9 heterocycles. The van der Waals surface area contributed by atoms with Crippen molar-refractivity contribution in [3.05, 3.63) is 245 Å². The molecule has 5 aromatic heterocycles. The molecule has 0 aliphatic carbocycles. The van der Waals surface area contributed by atoms with Gasteiger partial charge in [0.05, 0.1) is 61.1 Å². The van der Waals surface area contributed by atoms with Gasteiger partial charge in [-0.05, 0) is 225 Å². The van der Waals surface area contributed by atoms with E-state index < -0.39 is 23.5 Å². The van der Waals surface area contributed by atoms with E-state index in [9.17, 15) is 20.1 Å². The second-order valence-corrected chi connectivity index (χ2v) is 34.4. The third kappa shape index (κ3) is 32.7. The first-order valence-corrected chi connectivity index (χ1v) is 45.0. The molecule has 137 heavy (non-hydrogen) atoms. The molecule has 4 saturated heterocycles. The Hall–Kier alpha value is -10.8. The van der Waals surface area contributed by atoms with E-state index in [0.717, 1.165) is 116 Å². The van der Waals surface area contributed by atoms with Gasteiger partial charge in [0.2, 0.25) is 5.56 Å². The third-order valence-electron chi connectivity index (χ3n) is 22.4. The normalized spacial score (nSPS) is 16.4. The van der Waals surface area contributed by atoms with E-state index in [2.05, 4.69) is 190 Å². The molecule has 0 amide bonds. The summed E-state index contributed by atoms with van der Waals surface area (Å²) in [4.78, 5) is 38.4. The van der Waals surface area contributed by atoms with Crippen LogP contribution >= 0.6 is 23.2 Å². The molecule has 8 aromatic carbocycles. The number of halogens is 2. The molecule has 4 unspecified atom stereocenters. The Balaban J connectivity index is 0.000000341. The lowest BCUT2D eigenvalue weighted by atomic mass is 9.79. The average Bonchev–Trinajstić information content (AvgIpc) is 1.65. The van der Waals surface area contributed by atoms with E-state index in [0.29, 0.717) is 65.9 Å². The number of nitrogens with one attached hydrogen (secondary N) is 1. The number of pyridine rings is 5. The van der Waals surface area contributed by atoms with E-state index in [1.807, 2.05) is 126 Å². The van der Waals surface area contributed by atoms with Gasteiger partial charge in [-0.3, -0.25) is 4.79 Å². The molecular weight excluding hydrogens is 1770 g/mol. The lowest BCUT2D eigenvalue weighted by Crippen LogP contribution is -2.41. The number of hydrogen-bond donors (Lipinski definition) is 6. The van der Waals surface area contributed by atoms with Crippen molar-refractivity contribution in [2.45, 2.75) is 216 Å². The number of aromatic amines is 1. The highest BCUT2D eigenvalue weighted by Gasteiger charge is 2.52. The second-order valence-electron chi connectivity index (χ2n) is 33.7. The van der Waals surface area contributed by atoms with Crippen molar-refractivity contribution in [1.29, 1.82) is 0 Å². The van der Waals surface area contributed by atoms with Gasteiger partial charge in [0.25, 0.3) is 0 Å². The van der Waals surface area contributed by atoms with Crippen LogP contribution in [0.25, 0.3) is 77.0 Å². The van der Waals surface area contributed by atoms with Crippen LogP contribution in [0.3, 0.4) is 0 Å². The summed E-state index contributed by atoms with van der Waals surface area (Å²) in [6.07, 6.45) is -1.18. The van der Waals surface area contributed by atoms with Gasteiger partial charge in [-0.1, -0.05) is 184 Å². The van der Waals surface area contributed by atoms with Crippen LogP contribution in [0, 0.1) is 0 Å². The topological polar surface area (TPSA) is 297 Å². The number of hydrogen-bond acceptors (Lipinski definition) is 24. The number of aliphatic hydroxyl groups excluding tert-OH is 3. The molecule has 6 N–H and O–H groups in total. The van der Waals surface area contributed by atoms with E-state index in [4.69, 9.17) is 95.3 Å². The molecule has 25 nitrogen and oxygen atoms in total. The number of phenols is 2. The summed E-state index contributed by atoms with van der Waals surface area (Å²) in [6.45, 7) is 40.8. The fourth-order valence-corrected chi connectivity index (χ4v) is 15.0. The fraction of sp³-hybridized carbons (Fsp3) is 0.422.